The van der Waals surface area contributed by atoms with Crippen molar-refractivity contribution >= 4 is 11.9 Å². The minimum Gasteiger partial charge on any atom is -0.481 e. The Bertz CT molecular complexity index is 600. The summed E-state index contributed by atoms with van der Waals surface area (Å²) in [6, 6.07) is 10.3. The highest BCUT2D eigenvalue weighted by atomic mass is 16.5. The molecule has 0 saturated carbocycles. The smallest absolute Gasteiger partial charge is 0.303 e. The van der Waals surface area contributed by atoms with E-state index in [1.165, 1.54) is 0 Å². The first-order valence-corrected chi connectivity index (χ1v) is 9.94. The van der Waals surface area contributed by atoms with Crippen molar-refractivity contribution < 1.29 is 19.4 Å². The van der Waals surface area contributed by atoms with Gasteiger partial charge in [0.2, 0.25) is 5.91 Å². The molecule has 1 N–H and O–H groups in total. The Labute approximate surface area is 162 Å². The molecule has 0 aromatic heterocycles. The number of aliphatic carboxylic acids is 1. The Morgan fingerprint density at radius 3 is 2.81 bits per heavy atom. The first kappa shape index (κ1) is 21.2. The van der Waals surface area contributed by atoms with Gasteiger partial charge in [-0.15, -0.1) is 0 Å². The number of hydrogen-bond acceptors (Lipinski definition) is 3. The van der Waals surface area contributed by atoms with Crippen molar-refractivity contribution in [1.82, 2.24) is 4.90 Å². The van der Waals surface area contributed by atoms with Crippen LogP contribution < -0.4 is 0 Å². The summed E-state index contributed by atoms with van der Waals surface area (Å²) >= 11 is 0. The normalized spacial score (nSPS) is 18.0. The number of likely N-dealkylation sites (tertiary alicyclic amines) is 1. The molecule has 0 radical (unpaired) electrons. The fraction of sp³-hybridized carbons (Fsp3) is 0.545. The van der Waals surface area contributed by atoms with E-state index in [0.29, 0.717) is 32.6 Å². The number of carbonyl (C=O) groups is 2. The molecule has 1 amide bonds. The summed E-state index contributed by atoms with van der Waals surface area (Å²) in [5.41, 5.74) is 1.16. The monoisotopic (exact) mass is 373 g/mol. The van der Waals surface area contributed by atoms with Gasteiger partial charge in [0.1, 0.15) is 0 Å². The zero-order valence-electron chi connectivity index (χ0n) is 16.0. The van der Waals surface area contributed by atoms with Gasteiger partial charge in [-0.05, 0) is 37.7 Å². The van der Waals surface area contributed by atoms with Crippen LogP contribution in [0, 0.1) is 0 Å². The molecule has 1 aliphatic heterocycles. The lowest BCUT2D eigenvalue weighted by atomic mass is 10.1. The molecule has 5 nitrogen and oxygen atoms in total. The van der Waals surface area contributed by atoms with Gasteiger partial charge in [-0.3, -0.25) is 9.59 Å². The third-order valence-electron chi connectivity index (χ3n) is 4.88. The van der Waals surface area contributed by atoms with Gasteiger partial charge in [0.25, 0.3) is 0 Å². The second-order valence-electron chi connectivity index (χ2n) is 7.03. The van der Waals surface area contributed by atoms with Crippen molar-refractivity contribution in [2.75, 3.05) is 13.2 Å². The van der Waals surface area contributed by atoms with Crippen LogP contribution in [0.4, 0.5) is 0 Å². The van der Waals surface area contributed by atoms with Crippen molar-refractivity contribution in [2.24, 2.45) is 0 Å². The molecule has 1 saturated heterocycles. The van der Waals surface area contributed by atoms with E-state index in [0.717, 1.165) is 37.7 Å². The van der Waals surface area contributed by atoms with E-state index >= 15 is 0 Å². The van der Waals surface area contributed by atoms with Gasteiger partial charge in [-0.25, -0.2) is 0 Å². The van der Waals surface area contributed by atoms with E-state index in [4.69, 9.17) is 9.84 Å². The van der Waals surface area contributed by atoms with Crippen LogP contribution in [0.2, 0.25) is 0 Å². The first-order valence-electron chi connectivity index (χ1n) is 9.94. The number of benzene rings is 1. The number of nitrogens with zero attached hydrogens (tertiary/aromatic N) is 1. The molecule has 27 heavy (non-hydrogen) atoms. The van der Waals surface area contributed by atoms with E-state index in [1.54, 1.807) is 0 Å². The molecule has 1 heterocycles. The summed E-state index contributed by atoms with van der Waals surface area (Å²) in [5.74, 6) is -0.544. The maximum atomic E-state index is 12.5. The minimum atomic E-state index is -0.762. The maximum absolute atomic E-state index is 12.5. The van der Waals surface area contributed by atoms with Crippen LogP contribution in [0.5, 0.6) is 0 Å². The second kappa shape index (κ2) is 12.3. The number of amides is 1. The van der Waals surface area contributed by atoms with E-state index in [1.807, 2.05) is 35.3 Å². The van der Waals surface area contributed by atoms with Gasteiger partial charge < -0.3 is 14.7 Å². The minimum absolute atomic E-state index is 0.189. The van der Waals surface area contributed by atoms with E-state index < -0.39 is 5.97 Å². The SMILES string of the molecule is O=C(O)CCC/C=C\CN1C(=O)CCCCC1CCOCc1ccccc1. The van der Waals surface area contributed by atoms with Gasteiger partial charge in [0, 0.05) is 32.0 Å². The number of carboxylic acids is 1. The van der Waals surface area contributed by atoms with Gasteiger partial charge in [0.05, 0.1) is 6.61 Å². The highest BCUT2D eigenvalue weighted by Crippen LogP contribution is 2.20. The van der Waals surface area contributed by atoms with Crippen LogP contribution >= 0.6 is 0 Å². The van der Waals surface area contributed by atoms with Crippen LogP contribution in [0.25, 0.3) is 0 Å². The lowest BCUT2D eigenvalue weighted by Gasteiger charge is -2.29. The lowest BCUT2D eigenvalue weighted by molar-refractivity contribution is -0.137. The Hall–Kier alpha value is -2.14. The molecule has 0 bridgehead atoms. The highest BCUT2D eigenvalue weighted by Gasteiger charge is 2.24. The zero-order valence-corrected chi connectivity index (χ0v) is 16.0. The molecule has 0 aliphatic carbocycles. The van der Waals surface area contributed by atoms with Crippen LogP contribution in [-0.4, -0.2) is 41.1 Å². The Kier molecular flexibility index (Phi) is 9.63. The summed E-state index contributed by atoms with van der Waals surface area (Å²) in [4.78, 5) is 25.0. The molecular weight excluding hydrogens is 342 g/mol. The van der Waals surface area contributed by atoms with E-state index in [9.17, 15) is 9.59 Å². The quantitative estimate of drug-likeness (QED) is 0.467. The van der Waals surface area contributed by atoms with E-state index in [2.05, 4.69) is 12.1 Å². The fourth-order valence-corrected chi connectivity index (χ4v) is 3.37. The average Bonchev–Trinajstić information content (AvgIpc) is 2.84. The molecule has 1 aromatic carbocycles. The largest absolute Gasteiger partial charge is 0.481 e. The third-order valence-corrected chi connectivity index (χ3v) is 4.88. The lowest BCUT2D eigenvalue weighted by Crippen LogP contribution is -2.39. The Morgan fingerprint density at radius 2 is 2.04 bits per heavy atom. The van der Waals surface area contributed by atoms with Gasteiger partial charge in [0.15, 0.2) is 0 Å². The summed E-state index contributed by atoms with van der Waals surface area (Å²) < 4.78 is 5.82. The third kappa shape index (κ3) is 8.39. The van der Waals surface area contributed by atoms with Crippen molar-refractivity contribution in [2.45, 2.75) is 64.0 Å². The highest BCUT2D eigenvalue weighted by molar-refractivity contribution is 5.77. The number of carbonyl (C=O) groups excluding carboxylic acids is 1. The standard InChI is InChI=1S/C22H31NO4/c24-21-13-8-7-12-20(15-17-27-18-19-10-4-3-5-11-19)23(21)16-9-2-1-6-14-22(25)26/h2-5,9-11,20H,1,6-8,12-18H2,(H,25,26)/b9-2-. The van der Waals surface area contributed by atoms with Gasteiger partial charge in [-0.2, -0.15) is 0 Å². The molecule has 1 aliphatic rings. The van der Waals surface area contributed by atoms with Crippen molar-refractivity contribution in [3.05, 3.63) is 48.0 Å². The summed E-state index contributed by atoms with van der Waals surface area (Å²) in [6.07, 6.45) is 10.1. The molecule has 1 fully saturated rings. The number of hydrogen-bond donors (Lipinski definition) is 1. The number of unbranched alkanes of at least 4 members (excludes halogenated alkanes) is 1. The first-order chi connectivity index (χ1) is 13.2. The second-order valence-corrected chi connectivity index (χ2v) is 7.03. The molecule has 148 valence electrons. The molecule has 1 atom stereocenters. The number of allylic oxidation sites excluding steroid dienone is 1. The number of rotatable bonds is 11. The molecule has 2 rings (SSSR count). The van der Waals surface area contributed by atoms with Crippen LogP contribution in [0.15, 0.2) is 42.5 Å². The summed E-state index contributed by atoms with van der Waals surface area (Å²) in [7, 11) is 0. The summed E-state index contributed by atoms with van der Waals surface area (Å²) in [6.45, 7) is 1.85. The van der Waals surface area contributed by atoms with Crippen molar-refractivity contribution in [3.8, 4) is 0 Å². The topological polar surface area (TPSA) is 66.8 Å². The van der Waals surface area contributed by atoms with Gasteiger partial charge >= 0.3 is 5.97 Å². The maximum Gasteiger partial charge on any atom is 0.303 e. The van der Waals surface area contributed by atoms with Gasteiger partial charge in [-0.1, -0.05) is 48.9 Å². The summed E-state index contributed by atoms with van der Waals surface area (Å²) in [5, 5.41) is 8.66. The Balaban J connectivity index is 1.77. The number of ether oxygens (including phenoxy) is 1. The Morgan fingerprint density at radius 1 is 1.22 bits per heavy atom. The van der Waals surface area contributed by atoms with Crippen molar-refractivity contribution in [3.63, 3.8) is 0 Å². The van der Waals surface area contributed by atoms with E-state index in [-0.39, 0.29) is 18.4 Å². The van der Waals surface area contributed by atoms with Crippen molar-refractivity contribution in [1.29, 1.82) is 0 Å². The molecule has 5 heteroatoms. The molecule has 0 spiro atoms. The zero-order chi connectivity index (χ0) is 19.3. The van der Waals surface area contributed by atoms with Crippen LogP contribution in [0.1, 0.15) is 56.9 Å². The predicted octanol–water partition coefficient (Wildman–Crippen LogP) is 4.18. The molecule has 1 aromatic rings. The number of carboxylic acid groups (broad SMARTS) is 1. The fourth-order valence-electron chi connectivity index (χ4n) is 3.37. The average molecular weight is 373 g/mol. The van der Waals surface area contributed by atoms with Crippen LogP contribution in [-0.2, 0) is 20.9 Å². The molecular formula is C22H31NO4. The predicted molar refractivity (Wildman–Crippen MR) is 105 cm³/mol. The molecule has 1 unspecified atom stereocenters. The van der Waals surface area contributed by atoms with Crippen LogP contribution in [0.3, 0.4) is 0 Å².